The Kier molecular flexibility index (Phi) is 6.59. The molecule has 30 heavy (non-hydrogen) atoms. The van der Waals surface area contributed by atoms with Crippen LogP contribution >= 0.6 is 23.2 Å². The normalized spacial score (nSPS) is 11.7. The van der Waals surface area contributed by atoms with Gasteiger partial charge in [0, 0.05) is 23.4 Å². The maximum atomic E-state index is 12.7. The van der Waals surface area contributed by atoms with Crippen LogP contribution in [-0.2, 0) is 4.79 Å². The predicted molar refractivity (Wildman–Crippen MR) is 115 cm³/mol. The molecule has 0 aliphatic carbocycles. The van der Waals surface area contributed by atoms with Crippen molar-refractivity contribution in [2.45, 2.75) is 26.3 Å². The molecule has 1 amide bonds. The molecule has 0 saturated heterocycles. The van der Waals surface area contributed by atoms with Gasteiger partial charge >= 0.3 is 0 Å². The molecule has 156 valence electrons. The lowest BCUT2D eigenvalue weighted by atomic mass is 10.2. The number of non-ortho nitro benzene ring substituents is 1. The van der Waals surface area contributed by atoms with Gasteiger partial charge in [0.1, 0.15) is 17.5 Å². The number of carbonyl (C=O) groups is 1. The van der Waals surface area contributed by atoms with Crippen molar-refractivity contribution in [2.75, 3.05) is 5.32 Å². The molecule has 3 rings (SSSR count). The summed E-state index contributed by atoms with van der Waals surface area (Å²) in [6, 6.07) is 8.48. The van der Waals surface area contributed by atoms with E-state index in [1.807, 2.05) is 13.8 Å². The Morgan fingerprint density at radius 1 is 1.27 bits per heavy atom. The third kappa shape index (κ3) is 5.08. The molecule has 3 aromatic rings. The minimum absolute atomic E-state index is 0.205. The Morgan fingerprint density at radius 3 is 2.63 bits per heavy atom. The van der Waals surface area contributed by atoms with Gasteiger partial charge in [-0.05, 0) is 37.1 Å². The number of aryl methyl sites for hydroxylation is 1. The fraction of sp³-hybridized carbons (Fsp3) is 0.200. The highest BCUT2D eigenvalue weighted by Crippen LogP contribution is 2.31. The van der Waals surface area contributed by atoms with Crippen LogP contribution in [0.5, 0.6) is 11.5 Å². The fourth-order valence-corrected chi connectivity index (χ4v) is 3.10. The summed E-state index contributed by atoms with van der Waals surface area (Å²) in [6.45, 7) is 3.64. The lowest BCUT2D eigenvalue weighted by Gasteiger charge is -2.16. The first kappa shape index (κ1) is 21.6. The second-order valence-corrected chi connectivity index (χ2v) is 7.38. The van der Waals surface area contributed by atoms with Crippen molar-refractivity contribution >= 4 is 40.5 Å². The van der Waals surface area contributed by atoms with Crippen molar-refractivity contribution in [1.29, 1.82) is 0 Å². The largest absolute Gasteiger partial charge is 0.457 e. The van der Waals surface area contributed by atoms with Gasteiger partial charge in [-0.1, -0.05) is 30.1 Å². The molecule has 1 atom stereocenters. The number of hydrogen-bond acceptors (Lipinski definition) is 5. The molecular formula is C20H18Cl2N4O4. The van der Waals surface area contributed by atoms with E-state index >= 15 is 0 Å². The molecule has 0 aliphatic rings. The van der Waals surface area contributed by atoms with Gasteiger partial charge in [0.15, 0.2) is 0 Å². The number of aromatic nitrogens is 2. The van der Waals surface area contributed by atoms with Crippen LogP contribution in [0, 0.1) is 17.0 Å². The summed E-state index contributed by atoms with van der Waals surface area (Å²) in [4.78, 5) is 23.5. The monoisotopic (exact) mass is 448 g/mol. The van der Waals surface area contributed by atoms with Crippen molar-refractivity contribution in [3.05, 3.63) is 74.5 Å². The summed E-state index contributed by atoms with van der Waals surface area (Å²) >= 11 is 11.9. The lowest BCUT2D eigenvalue weighted by Crippen LogP contribution is -2.26. The molecule has 0 radical (unpaired) electrons. The Bertz CT molecular complexity index is 1100. The second kappa shape index (κ2) is 9.15. The highest BCUT2D eigenvalue weighted by molar-refractivity contribution is 6.31. The summed E-state index contributed by atoms with van der Waals surface area (Å²) in [5.74, 6) is 0.287. The summed E-state index contributed by atoms with van der Waals surface area (Å²) in [7, 11) is 0. The van der Waals surface area contributed by atoms with Crippen LogP contribution in [0.1, 0.15) is 24.9 Å². The van der Waals surface area contributed by atoms with Crippen LogP contribution in [0.2, 0.25) is 10.0 Å². The van der Waals surface area contributed by atoms with Gasteiger partial charge in [0.05, 0.1) is 27.9 Å². The van der Waals surface area contributed by atoms with Gasteiger partial charge < -0.3 is 10.1 Å². The van der Waals surface area contributed by atoms with E-state index in [9.17, 15) is 14.9 Å². The molecule has 2 aromatic carbocycles. The topological polar surface area (TPSA) is 99.3 Å². The van der Waals surface area contributed by atoms with Crippen LogP contribution in [0.4, 0.5) is 11.4 Å². The predicted octanol–water partition coefficient (Wildman–Crippen LogP) is 5.79. The second-order valence-electron chi connectivity index (χ2n) is 6.54. The van der Waals surface area contributed by atoms with E-state index in [-0.39, 0.29) is 23.0 Å². The van der Waals surface area contributed by atoms with Crippen molar-refractivity contribution < 1.29 is 14.5 Å². The molecule has 0 spiro atoms. The number of hydrogen-bond donors (Lipinski definition) is 1. The smallest absolute Gasteiger partial charge is 0.275 e. The summed E-state index contributed by atoms with van der Waals surface area (Å²) < 4.78 is 7.20. The van der Waals surface area contributed by atoms with E-state index in [1.54, 1.807) is 24.4 Å². The number of ether oxygens (including phenoxy) is 1. The quantitative estimate of drug-likeness (QED) is 0.364. The van der Waals surface area contributed by atoms with Crippen molar-refractivity contribution in [1.82, 2.24) is 9.78 Å². The number of nitro groups is 1. The SMILES string of the molecule is CCC(C(=O)Nc1cc(Oc2ccc(Cl)c(C)c2)cc([N+](=O)[O-])c1)n1cc(Cl)cn1. The summed E-state index contributed by atoms with van der Waals surface area (Å²) in [6.07, 6.45) is 3.43. The Balaban J connectivity index is 1.87. The van der Waals surface area contributed by atoms with Crippen LogP contribution in [0.3, 0.4) is 0 Å². The molecule has 1 N–H and O–H groups in total. The minimum atomic E-state index is -0.625. The Labute approximate surface area is 182 Å². The van der Waals surface area contributed by atoms with Crippen LogP contribution in [0.25, 0.3) is 0 Å². The minimum Gasteiger partial charge on any atom is -0.457 e. The third-order valence-electron chi connectivity index (χ3n) is 4.31. The summed E-state index contributed by atoms with van der Waals surface area (Å²) in [5.41, 5.74) is 0.812. The molecule has 0 bridgehead atoms. The highest BCUT2D eigenvalue weighted by Gasteiger charge is 2.21. The average molecular weight is 449 g/mol. The van der Waals surface area contributed by atoms with Gasteiger partial charge in [-0.25, -0.2) is 0 Å². The molecule has 10 heteroatoms. The molecule has 0 aliphatic heterocycles. The van der Waals surface area contributed by atoms with E-state index < -0.39 is 11.0 Å². The first-order valence-electron chi connectivity index (χ1n) is 9.01. The van der Waals surface area contributed by atoms with Crippen LogP contribution < -0.4 is 10.1 Å². The molecule has 0 fully saturated rings. The van der Waals surface area contributed by atoms with Gasteiger partial charge in [0.25, 0.3) is 5.69 Å². The Morgan fingerprint density at radius 2 is 2.03 bits per heavy atom. The standard InChI is InChI=1S/C20H18Cl2N4O4/c1-3-19(25-11-13(21)10-23-25)20(27)24-14-7-15(26(28)29)9-17(8-14)30-16-4-5-18(22)12(2)6-16/h4-11,19H,3H2,1-2H3,(H,24,27). The number of halogens is 2. The van der Waals surface area contributed by atoms with Gasteiger partial charge in [-0.2, -0.15) is 5.10 Å². The van der Waals surface area contributed by atoms with Crippen molar-refractivity contribution in [3.8, 4) is 11.5 Å². The number of carbonyl (C=O) groups excluding carboxylic acids is 1. The summed E-state index contributed by atoms with van der Waals surface area (Å²) in [5, 5.41) is 19.1. The number of rotatable bonds is 7. The molecular weight excluding hydrogens is 431 g/mol. The van der Waals surface area contributed by atoms with Gasteiger partial charge in [-0.3, -0.25) is 19.6 Å². The lowest BCUT2D eigenvalue weighted by molar-refractivity contribution is -0.384. The maximum Gasteiger partial charge on any atom is 0.275 e. The van der Waals surface area contributed by atoms with Gasteiger partial charge in [0.2, 0.25) is 5.91 Å². The van der Waals surface area contributed by atoms with Crippen molar-refractivity contribution in [3.63, 3.8) is 0 Å². The number of amides is 1. The molecule has 8 nitrogen and oxygen atoms in total. The van der Waals surface area contributed by atoms with E-state index in [1.165, 1.54) is 29.1 Å². The highest BCUT2D eigenvalue weighted by atomic mass is 35.5. The third-order valence-corrected chi connectivity index (χ3v) is 4.93. The zero-order chi connectivity index (χ0) is 21.8. The molecule has 1 aromatic heterocycles. The number of benzene rings is 2. The van der Waals surface area contributed by atoms with E-state index in [0.29, 0.717) is 22.2 Å². The zero-order valence-corrected chi connectivity index (χ0v) is 17.6. The molecule has 1 heterocycles. The van der Waals surface area contributed by atoms with E-state index in [4.69, 9.17) is 27.9 Å². The Hall–Kier alpha value is -3.10. The molecule has 0 saturated carbocycles. The average Bonchev–Trinajstić information content (AvgIpc) is 3.11. The van der Waals surface area contributed by atoms with Crippen LogP contribution in [0.15, 0.2) is 48.8 Å². The fourth-order valence-electron chi connectivity index (χ4n) is 2.84. The van der Waals surface area contributed by atoms with Crippen molar-refractivity contribution in [2.24, 2.45) is 0 Å². The zero-order valence-electron chi connectivity index (χ0n) is 16.1. The van der Waals surface area contributed by atoms with Gasteiger partial charge in [-0.15, -0.1) is 0 Å². The molecule has 1 unspecified atom stereocenters. The first-order chi connectivity index (χ1) is 14.3. The maximum absolute atomic E-state index is 12.7. The first-order valence-corrected chi connectivity index (χ1v) is 9.76. The van der Waals surface area contributed by atoms with Crippen LogP contribution in [-0.4, -0.2) is 20.6 Å². The number of nitrogens with zero attached hydrogens (tertiary/aromatic N) is 3. The number of nitro benzene ring substituents is 1. The number of anilines is 1. The van der Waals surface area contributed by atoms with E-state index in [2.05, 4.69) is 10.4 Å². The number of nitrogens with one attached hydrogen (secondary N) is 1. The van der Waals surface area contributed by atoms with E-state index in [0.717, 1.165) is 5.56 Å².